The maximum Gasteiger partial charge on any atom is 0.120 e. The number of hydrogen-bond donors (Lipinski definition) is 3. The molecule has 0 aromatic heterocycles. The van der Waals surface area contributed by atoms with Crippen LogP contribution in [0.2, 0.25) is 0 Å². The van der Waals surface area contributed by atoms with Gasteiger partial charge >= 0.3 is 0 Å². The summed E-state index contributed by atoms with van der Waals surface area (Å²) in [6.45, 7) is 2.11. The first kappa shape index (κ1) is 19.1. The van der Waals surface area contributed by atoms with Gasteiger partial charge in [0.2, 0.25) is 0 Å². The molecule has 0 aliphatic carbocycles. The molecule has 2 aromatic rings. The van der Waals surface area contributed by atoms with Crippen LogP contribution in [0, 0.1) is 0 Å². The number of rotatable bonds is 5. The van der Waals surface area contributed by atoms with Crippen LogP contribution in [0.1, 0.15) is 18.9 Å². The molecule has 0 aliphatic rings. The molecule has 0 radical (unpaired) electrons. The Bertz CT molecular complexity index is 639. The van der Waals surface area contributed by atoms with Crippen LogP contribution in [-0.4, -0.2) is 26.9 Å². The lowest BCUT2D eigenvalue weighted by Gasteiger charge is -2.12. The fourth-order valence-corrected chi connectivity index (χ4v) is 2.27. The first-order valence-electron chi connectivity index (χ1n) is 7.48. The van der Waals surface area contributed by atoms with Crippen molar-refractivity contribution in [1.29, 1.82) is 0 Å². The van der Waals surface area contributed by atoms with E-state index in [9.17, 15) is 0 Å². The fourth-order valence-electron chi connectivity index (χ4n) is 2.12. The summed E-state index contributed by atoms with van der Waals surface area (Å²) in [5, 5.41) is 3.21. The fraction of sp³-hybridized carbons (Fsp3) is 0.278. The van der Waals surface area contributed by atoms with Gasteiger partial charge in [0.1, 0.15) is 5.75 Å². The van der Waals surface area contributed by atoms with Gasteiger partial charge in [-0.2, -0.15) is 0 Å². The van der Waals surface area contributed by atoms with Crippen molar-refractivity contribution >= 4 is 29.7 Å². The number of benzene rings is 2. The summed E-state index contributed by atoms with van der Waals surface area (Å²) in [5.41, 5.74) is 8.58. The van der Waals surface area contributed by atoms with Crippen molar-refractivity contribution in [2.24, 2.45) is 10.7 Å². The highest BCUT2D eigenvalue weighted by Gasteiger charge is 2.09. The molecule has 0 bridgehead atoms. The smallest absolute Gasteiger partial charge is 0.120 e. The summed E-state index contributed by atoms with van der Waals surface area (Å²) in [6.07, 6.45) is 0.851. The molecule has 4 nitrogen and oxygen atoms in total. The zero-order chi connectivity index (χ0) is 17.2. The quantitative estimate of drug-likeness (QED) is 0.570. The van der Waals surface area contributed by atoms with E-state index in [1.807, 2.05) is 49.5 Å². The van der Waals surface area contributed by atoms with Crippen LogP contribution in [0.25, 0.3) is 0 Å². The predicted octanol–water partition coefficient (Wildman–Crippen LogP) is 4.13. The number of hydrogen-bond acceptors (Lipinski definition) is 5. The van der Waals surface area contributed by atoms with Crippen molar-refractivity contribution in [3.8, 4) is 5.75 Å². The monoisotopic (exact) mass is 331 g/mol. The van der Waals surface area contributed by atoms with E-state index >= 15 is 0 Å². The van der Waals surface area contributed by atoms with E-state index in [0.29, 0.717) is 0 Å². The number of nitrogens with one attached hydrogen (secondary N) is 1. The van der Waals surface area contributed by atoms with Gasteiger partial charge in [-0.3, -0.25) is 4.99 Å². The first-order valence-corrected chi connectivity index (χ1v) is 7.93. The molecule has 0 amide bonds. The van der Waals surface area contributed by atoms with Crippen molar-refractivity contribution in [3.05, 3.63) is 48.0 Å². The van der Waals surface area contributed by atoms with Crippen LogP contribution in [0.4, 0.5) is 11.4 Å². The third-order valence-corrected chi connectivity index (χ3v) is 3.55. The van der Waals surface area contributed by atoms with Crippen LogP contribution in [-0.2, 0) is 0 Å². The van der Waals surface area contributed by atoms with Crippen molar-refractivity contribution in [3.63, 3.8) is 0 Å². The second kappa shape index (κ2) is 9.92. The first-order chi connectivity index (χ1) is 11.2. The van der Waals surface area contributed by atoms with Crippen LogP contribution in [0.5, 0.6) is 5.75 Å². The second-order valence-corrected chi connectivity index (χ2v) is 5.11. The molecule has 23 heavy (non-hydrogen) atoms. The SMILES string of the molecule is CCC(=Nc1ccc(S)cc1)c1ccc(OC)cc1NC.CN. The number of anilines is 1. The average Bonchev–Trinajstić information content (AvgIpc) is 2.62. The Labute approximate surface area is 144 Å². The molecular weight excluding hydrogens is 306 g/mol. The summed E-state index contributed by atoms with van der Waals surface area (Å²) >= 11 is 4.30. The van der Waals surface area contributed by atoms with Crippen molar-refractivity contribution in [2.45, 2.75) is 18.2 Å². The number of methoxy groups -OCH3 is 1. The number of thiol groups is 1. The number of nitrogens with zero attached hydrogens (tertiary/aromatic N) is 1. The second-order valence-electron chi connectivity index (χ2n) is 4.59. The Balaban J connectivity index is 0.00000127. The maximum absolute atomic E-state index is 5.27. The van der Waals surface area contributed by atoms with Gasteiger partial charge in [-0.15, -0.1) is 12.6 Å². The van der Waals surface area contributed by atoms with Gasteiger partial charge in [0.05, 0.1) is 18.5 Å². The molecule has 0 heterocycles. The molecule has 124 valence electrons. The third-order valence-electron chi connectivity index (χ3n) is 3.26. The Kier molecular flexibility index (Phi) is 8.22. The highest BCUT2D eigenvalue weighted by atomic mass is 32.1. The van der Waals surface area contributed by atoms with Gasteiger partial charge in [-0.05, 0) is 49.9 Å². The molecule has 0 spiro atoms. The number of ether oxygens (including phenoxy) is 1. The molecule has 0 aliphatic heterocycles. The van der Waals surface area contributed by atoms with Gasteiger partial charge in [-0.25, -0.2) is 0 Å². The topological polar surface area (TPSA) is 59.6 Å². The van der Waals surface area contributed by atoms with E-state index in [1.165, 1.54) is 7.05 Å². The number of nitrogens with two attached hydrogens (primary N) is 1. The molecule has 2 aromatic carbocycles. The minimum Gasteiger partial charge on any atom is -0.497 e. The van der Waals surface area contributed by atoms with Crippen LogP contribution in [0.3, 0.4) is 0 Å². The minimum atomic E-state index is 0.831. The minimum absolute atomic E-state index is 0.831. The molecule has 0 saturated carbocycles. The van der Waals surface area contributed by atoms with Crippen molar-refractivity contribution < 1.29 is 4.74 Å². The zero-order valence-electron chi connectivity index (χ0n) is 14.1. The summed E-state index contributed by atoms with van der Waals surface area (Å²) in [4.78, 5) is 5.69. The molecule has 0 atom stereocenters. The standard InChI is InChI=1S/C17H20N2OS.CH5N/c1-4-16(19-12-5-8-14(21)9-6-12)15-10-7-13(20-3)11-17(15)18-2;1-2/h5-11,18,21H,4H2,1-3H3;2H2,1H3. The van der Waals surface area contributed by atoms with Crippen molar-refractivity contribution in [2.75, 3.05) is 26.5 Å². The maximum atomic E-state index is 5.27. The molecule has 0 unspecified atom stereocenters. The van der Waals surface area contributed by atoms with Gasteiger partial charge < -0.3 is 15.8 Å². The highest BCUT2D eigenvalue weighted by Crippen LogP contribution is 2.25. The van der Waals surface area contributed by atoms with Crippen LogP contribution in [0.15, 0.2) is 52.4 Å². The van der Waals surface area contributed by atoms with Gasteiger partial charge in [0, 0.05) is 29.3 Å². The molecular formula is C18H25N3OS. The lowest BCUT2D eigenvalue weighted by molar-refractivity contribution is 0.415. The van der Waals surface area contributed by atoms with Gasteiger partial charge in [0.25, 0.3) is 0 Å². The molecule has 0 fully saturated rings. The molecule has 2 rings (SSSR count). The molecule has 3 N–H and O–H groups in total. The summed E-state index contributed by atoms with van der Waals surface area (Å²) in [5.74, 6) is 0.831. The summed E-state index contributed by atoms with van der Waals surface area (Å²) in [6, 6.07) is 13.8. The van der Waals surface area contributed by atoms with E-state index in [2.05, 4.69) is 30.6 Å². The lowest BCUT2D eigenvalue weighted by Crippen LogP contribution is -2.04. The van der Waals surface area contributed by atoms with Gasteiger partial charge in [-0.1, -0.05) is 6.92 Å². The molecule has 5 heteroatoms. The summed E-state index contributed by atoms with van der Waals surface area (Å²) in [7, 11) is 5.07. The van der Waals surface area contributed by atoms with Crippen LogP contribution >= 0.6 is 12.6 Å². The van der Waals surface area contributed by atoms with E-state index in [-0.39, 0.29) is 0 Å². The van der Waals surface area contributed by atoms with E-state index < -0.39 is 0 Å². The van der Waals surface area contributed by atoms with E-state index in [0.717, 1.165) is 39.7 Å². The van der Waals surface area contributed by atoms with E-state index in [1.54, 1.807) is 7.11 Å². The third kappa shape index (κ3) is 5.30. The lowest BCUT2D eigenvalue weighted by atomic mass is 10.0. The van der Waals surface area contributed by atoms with E-state index in [4.69, 9.17) is 9.73 Å². The Morgan fingerprint density at radius 1 is 1.17 bits per heavy atom. The predicted molar refractivity (Wildman–Crippen MR) is 103 cm³/mol. The normalized spacial score (nSPS) is 10.6. The Morgan fingerprint density at radius 3 is 2.35 bits per heavy atom. The largest absolute Gasteiger partial charge is 0.497 e. The average molecular weight is 331 g/mol. The van der Waals surface area contributed by atoms with Crippen molar-refractivity contribution in [1.82, 2.24) is 0 Å². The summed E-state index contributed by atoms with van der Waals surface area (Å²) < 4.78 is 5.27. The Morgan fingerprint density at radius 2 is 1.83 bits per heavy atom. The number of aliphatic imine (C=N–C) groups is 1. The van der Waals surface area contributed by atoms with Crippen LogP contribution < -0.4 is 15.8 Å². The Hall–Kier alpha value is -1.98. The molecule has 0 saturated heterocycles. The highest BCUT2D eigenvalue weighted by molar-refractivity contribution is 7.80. The van der Waals surface area contributed by atoms with Gasteiger partial charge in [0.15, 0.2) is 0 Å². The zero-order valence-corrected chi connectivity index (χ0v) is 15.0.